The first-order valence-corrected chi connectivity index (χ1v) is 14.9. The number of aryl methyl sites for hydroxylation is 1. The molecule has 2 amide bonds. The van der Waals surface area contributed by atoms with Crippen LogP contribution >= 0.6 is 34.8 Å². The molecule has 0 saturated heterocycles. The van der Waals surface area contributed by atoms with Crippen LogP contribution < -0.4 is 9.62 Å². The maximum Gasteiger partial charge on any atom is 0.264 e. The van der Waals surface area contributed by atoms with Gasteiger partial charge in [0.2, 0.25) is 11.8 Å². The number of halogens is 3. The van der Waals surface area contributed by atoms with E-state index in [1.54, 1.807) is 55.5 Å². The van der Waals surface area contributed by atoms with Crippen molar-refractivity contribution < 1.29 is 18.0 Å². The molecule has 3 aromatic rings. The Morgan fingerprint density at radius 3 is 2.26 bits per heavy atom. The lowest BCUT2D eigenvalue weighted by Crippen LogP contribution is -2.51. The van der Waals surface area contributed by atoms with Gasteiger partial charge in [-0.15, -0.1) is 0 Å². The van der Waals surface area contributed by atoms with Gasteiger partial charge in [-0.25, -0.2) is 8.42 Å². The topological polar surface area (TPSA) is 86.8 Å². The van der Waals surface area contributed by atoms with Gasteiger partial charge in [0.05, 0.1) is 20.6 Å². The van der Waals surface area contributed by atoms with E-state index in [-0.39, 0.29) is 23.0 Å². The molecule has 0 aliphatic rings. The molecule has 1 atom stereocenters. The normalized spacial score (nSPS) is 12.1. The summed E-state index contributed by atoms with van der Waals surface area (Å²) in [6.07, 6.45) is 0.719. The second kappa shape index (κ2) is 13.5. The van der Waals surface area contributed by atoms with Gasteiger partial charge in [-0.1, -0.05) is 71.6 Å². The van der Waals surface area contributed by atoms with Crippen LogP contribution in [0.3, 0.4) is 0 Å². The Labute approximate surface area is 244 Å². The number of sulfonamides is 1. The summed E-state index contributed by atoms with van der Waals surface area (Å²) in [4.78, 5) is 28.1. The molecule has 0 saturated carbocycles. The average molecular weight is 611 g/mol. The van der Waals surface area contributed by atoms with Gasteiger partial charge in [-0.3, -0.25) is 13.9 Å². The van der Waals surface area contributed by atoms with Crippen molar-refractivity contribution in [1.29, 1.82) is 0 Å². The van der Waals surface area contributed by atoms with Gasteiger partial charge in [0.15, 0.2) is 0 Å². The van der Waals surface area contributed by atoms with Crippen LogP contribution in [0, 0.1) is 6.92 Å². The summed E-state index contributed by atoms with van der Waals surface area (Å²) in [5.41, 5.74) is 1.73. The van der Waals surface area contributed by atoms with Crippen molar-refractivity contribution in [3.05, 3.63) is 92.9 Å². The minimum Gasteiger partial charge on any atom is -0.354 e. The highest BCUT2D eigenvalue weighted by atomic mass is 35.5. The number of hydrogen-bond donors (Lipinski definition) is 1. The standard InChI is InChI=1S/C28H30Cl3N3O4S/c1-4-14-32-28(36)20(3)33(17-21-10-13-25(30)26(31)15-21)27(35)18-34(23-7-5-6-22(29)16-23)39(37,38)24-11-8-19(2)9-12-24/h5-13,15-16,20H,4,14,17-18H2,1-3H3,(H,32,36). The van der Waals surface area contributed by atoms with Crippen molar-refractivity contribution >= 4 is 62.3 Å². The molecule has 3 aromatic carbocycles. The van der Waals surface area contributed by atoms with Crippen LogP contribution in [0.5, 0.6) is 0 Å². The lowest BCUT2D eigenvalue weighted by atomic mass is 10.1. The van der Waals surface area contributed by atoms with Crippen LogP contribution in [0.1, 0.15) is 31.4 Å². The van der Waals surface area contributed by atoms with E-state index in [0.29, 0.717) is 27.2 Å². The number of carbonyl (C=O) groups is 2. The second-order valence-electron chi connectivity index (χ2n) is 9.04. The summed E-state index contributed by atoms with van der Waals surface area (Å²) >= 11 is 18.4. The number of benzene rings is 3. The smallest absolute Gasteiger partial charge is 0.264 e. The maximum atomic E-state index is 13.9. The van der Waals surface area contributed by atoms with E-state index in [9.17, 15) is 18.0 Å². The Balaban J connectivity index is 2.03. The van der Waals surface area contributed by atoms with Gasteiger partial charge >= 0.3 is 0 Å². The van der Waals surface area contributed by atoms with Gasteiger partial charge in [0.25, 0.3) is 10.0 Å². The van der Waals surface area contributed by atoms with Crippen LogP contribution in [0.25, 0.3) is 0 Å². The van der Waals surface area contributed by atoms with Gasteiger partial charge < -0.3 is 10.2 Å². The number of hydrogen-bond acceptors (Lipinski definition) is 4. The van der Waals surface area contributed by atoms with Gasteiger partial charge in [0, 0.05) is 18.1 Å². The molecule has 0 aromatic heterocycles. The van der Waals surface area contributed by atoms with Crippen molar-refractivity contribution in [3.8, 4) is 0 Å². The predicted octanol–water partition coefficient (Wildman–Crippen LogP) is 6.09. The Bertz CT molecular complexity index is 1430. The molecule has 0 aliphatic heterocycles. The number of rotatable bonds is 11. The zero-order chi connectivity index (χ0) is 28.7. The quantitative estimate of drug-likeness (QED) is 0.285. The predicted molar refractivity (Wildman–Crippen MR) is 157 cm³/mol. The highest BCUT2D eigenvalue weighted by molar-refractivity contribution is 7.92. The third kappa shape index (κ3) is 7.88. The fourth-order valence-electron chi connectivity index (χ4n) is 3.81. The first-order chi connectivity index (χ1) is 18.4. The van der Waals surface area contributed by atoms with E-state index in [2.05, 4.69) is 5.32 Å². The fraction of sp³-hybridized carbons (Fsp3) is 0.286. The largest absolute Gasteiger partial charge is 0.354 e. The Morgan fingerprint density at radius 1 is 0.949 bits per heavy atom. The fourth-order valence-corrected chi connectivity index (χ4v) is 5.72. The Morgan fingerprint density at radius 2 is 1.64 bits per heavy atom. The molecule has 0 spiro atoms. The molecule has 3 rings (SSSR count). The molecule has 0 heterocycles. The van der Waals surface area contributed by atoms with Crippen LogP contribution in [-0.2, 0) is 26.2 Å². The van der Waals surface area contributed by atoms with Gasteiger partial charge in [-0.05, 0) is 68.3 Å². The molecule has 0 radical (unpaired) electrons. The van der Waals surface area contributed by atoms with E-state index in [1.807, 2.05) is 13.8 Å². The van der Waals surface area contributed by atoms with E-state index in [0.717, 1.165) is 16.3 Å². The number of amides is 2. The van der Waals surface area contributed by atoms with Crippen LogP contribution in [0.15, 0.2) is 71.6 Å². The summed E-state index contributed by atoms with van der Waals surface area (Å²) in [6.45, 7) is 5.24. The lowest BCUT2D eigenvalue weighted by molar-refractivity contribution is -0.139. The summed E-state index contributed by atoms with van der Waals surface area (Å²) in [6, 6.07) is 16.6. The number of nitrogens with one attached hydrogen (secondary N) is 1. The summed E-state index contributed by atoms with van der Waals surface area (Å²) in [5.74, 6) is -0.947. The SMILES string of the molecule is CCCNC(=O)C(C)N(Cc1ccc(Cl)c(Cl)c1)C(=O)CN(c1cccc(Cl)c1)S(=O)(=O)c1ccc(C)cc1. The molecule has 1 unspecified atom stereocenters. The van der Waals surface area contributed by atoms with E-state index >= 15 is 0 Å². The minimum absolute atomic E-state index is 0.00436. The lowest BCUT2D eigenvalue weighted by Gasteiger charge is -2.32. The molecule has 39 heavy (non-hydrogen) atoms. The summed E-state index contributed by atoms with van der Waals surface area (Å²) in [7, 11) is -4.17. The van der Waals surface area contributed by atoms with Crippen LogP contribution in [0.2, 0.25) is 15.1 Å². The highest BCUT2D eigenvalue weighted by Crippen LogP contribution is 2.28. The van der Waals surface area contributed by atoms with Crippen molar-refractivity contribution in [2.75, 3.05) is 17.4 Å². The summed E-state index contributed by atoms with van der Waals surface area (Å²) < 4.78 is 28.6. The summed E-state index contributed by atoms with van der Waals surface area (Å²) in [5, 5.41) is 3.76. The first kappa shape index (κ1) is 30.8. The van der Waals surface area contributed by atoms with Crippen molar-refractivity contribution in [2.24, 2.45) is 0 Å². The van der Waals surface area contributed by atoms with Crippen molar-refractivity contribution in [1.82, 2.24) is 10.2 Å². The number of carbonyl (C=O) groups excluding carboxylic acids is 2. The van der Waals surface area contributed by atoms with E-state index < -0.39 is 28.5 Å². The maximum absolute atomic E-state index is 13.9. The van der Waals surface area contributed by atoms with Crippen molar-refractivity contribution in [3.63, 3.8) is 0 Å². The third-order valence-electron chi connectivity index (χ3n) is 6.04. The molecule has 208 valence electrons. The van der Waals surface area contributed by atoms with E-state index in [1.165, 1.54) is 23.1 Å². The monoisotopic (exact) mass is 609 g/mol. The number of anilines is 1. The molecule has 0 fully saturated rings. The molecule has 0 bridgehead atoms. The van der Waals surface area contributed by atoms with Crippen molar-refractivity contribution in [2.45, 2.75) is 44.7 Å². The third-order valence-corrected chi connectivity index (χ3v) is 8.80. The average Bonchev–Trinajstić information content (AvgIpc) is 2.90. The zero-order valence-electron chi connectivity index (χ0n) is 21.8. The first-order valence-electron chi connectivity index (χ1n) is 12.3. The van der Waals surface area contributed by atoms with Gasteiger partial charge in [0.1, 0.15) is 12.6 Å². The second-order valence-corrected chi connectivity index (χ2v) is 12.2. The van der Waals surface area contributed by atoms with Crippen LogP contribution in [-0.4, -0.2) is 44.3 Å². The van der Waals surface area contributed by atoms with E-state index in [4.69, 9.17) is 34.8 Å². The Hall–Kier alpha value is -2.78. The molecular formula is C28H30Cl3N3O4S. The molecule has 1 N–H and O–H groups in total. The molecular weight excluding hydrogens is 581 g/mol. The zero-order valence-corrected chi connectivity index (χ0v) is 24.9. The van der Waals surface area contributed by atoms with Crippen LogP contribution in [0.4, 0.5) is 5.69 Å². The van der Waals surface area contributed by atoms with Gasteiger partial charge in [-0.2, -0.15) is 0 Å². The highest BCUT2D eigenvalue weighted by Gasteiger charge is 2.32. The minimum atomic E-state index is -4.17. The molecule has 0 aliphatic carbocycles. The molecule has 11 heteroatoms. The Kier molecular flexibility index (Phi) is 10.7. The molecule has 7 nitrogen and oxygen atoms in total. The number of nitrogens with zero attached hydrogens (tertiary/aromatic N) is 2.